The van der Waals surface area contributed by atoms with Crippen LogP contribution in [0.25, 0.3) is 11.0 Å². The number of fused-ring (bicyclic) bond motifs is 1. The number of hydrogen-bond acceptors (Lipinski definition) is 4. The van der Waals surface area contributed by atoms with Crippen molar-refractivity contribution >= 4 is 22.6 Å². The summed E-state index contributed by atoms with van der Waals surface area (Å²) in [6.07, 6.45) is 2.41. The van der Waals surface area contributed by atoms with E-state index in [9.17, 15) is 4.79 Å². The number of benzene rings is 3. The number of carbonyl (C=O) groups is 1. The van der Waals surface area contributed by atoms with Gasteiger partial charge in [0.05, 0.1) is 29.9 Å². The molecule has 3 aromatic carbocycles. The third-order valence-electron chi connectivity index (χ3n) is 7.49. The zero-order valence-electron chi connectivity index (χ0n) is 22.6. The maximum atomic E-state index is 13.2. The number of aromatic nitrogens is 2. The summed E-state index contributed by atoms with van der Waals surface area (Å²) >= 11 is 0. The fourth-order valence-electron chi connectivity index (χ4n) is 5.25. The predicted molar refractivity (Wildman–Crippen MR) is 152 cm³/mol. The van der Waals surface area contributed by atoms with Crippen molar-refractivity contribution < 1.29 is 14.3 Å². The molecule has 0 saturated carbocycles. The first kappa shape index (κ1) is 25.8. The lowest BCUT2D eigenvalue weighted by Gasteiger charge is -2.20. The number of rotatable bonds is 11. The van der Waals surface area contributed by atoms with Crippen LogP contribution in [0.5, 0.6) is 11.5 Å². The average Bonchev–Trinajstić information content (AvgIpc) is 3.51. The molecule has 4 aromatic rings. The molecule has 198 valence electrons. The van der Waals surface area contributed by atoms with E-state index in [2.05, 4.69) is 48.7 Å². The number of anilines is 1. The van der Waals surface area contributed by atoms with Crippen molar-refractivity contribution in [3.8, 4) is 11.5 Å². The van der Waals surface area contributed by atoms with Crippen LogP contribution >= 0.6 is 0 Å². The number of ether oxygens (including phenoxy) is 2. The zero-order valence-corrected chi connectivity index (χ0v) is 22.6. The third kappa shape index (κ3) is 5.40. The van der Waals surface area contributed by atoms with Crippen molar-refractivity contribution in [2.75, 3.05) is 24.7 Å². The van der Waals surface area contributed by atoms with Gasteiger partial charge in [0.25, 0.3) is 0 Å². The van der Waals surface area contributed by atoms with Crippen LogP contribution in [0.4, 0.5) is 5.69 Å². The minimum atomic E-state index is 0.0126. The third-order valence-corrected chi connectivity index (χ3v) is 7.49. The Hall–Kier alpha value is -3.80. The molecule has 2 atom stereocenters. The number of para-hydroxylation sites is 4. The van der Waals surface area contributed by atoms with Crippen molar-refractivity contribution in [2.45, 2.75) is 58.4 Å². The Morgan fingerprint density at radius 1 is 0.974 bits per heavy atom. The van der Waals surface area contributed by atoms with E-state index in [1.807, 2.05) is 54.3 Å². The second-order valence-corrected chi connectivity index (χ2v) is 10.00. The van der Waals surface area contributed by atoms with Crippen LogP contribution in [0.15, 0.2) is 72.8 Å². The minimum Gasteiger partial charge on any atom is -0.494 e. The fourth-order valence-corrected chi connectivity index (χ4v) is 5.25. The van der Waals surface area contributed by atoms with Crippen LogP contribution in [0, 0.1) is 0 Å². The van der Waals surface area contributed by atoms with Crippen LogP contribution in [0.1, 0.15) is 63.3 Å². The van der Waals surface area contributed by atoms with Gasteiger partial charge in [-0.2, -0.15) is 0 Å². The van der Waals surface area contributed by atoms with Gasteiger partial charge in [-0.3, -0.25) is 4.79 Å². The number of hydrogen-bond donors (Lipinski definition) is 0. The van der Waals surface area contributed by atoms with E-state index in [0.29, 0.717) is 32.1 Å². The maximum Gasteiger partial charge on any atom is 0.227 e. The van der Waals surface area contributed by atoms with Gasteiger partial charge in [0.1, 0.15) is 17.3 Å². The fraction of sp³-hybridized carbons (Fsp3) is 0.375. The molecule has 1 amide bonds. The molecule has 0 spiro atoms. The molecule has 2 heterocycles. The molecule has 1 aliphatic rings. The summed E-state index contributed by atoms with van der Waals surface area (Å²) in [5.41, 5.74) is 4.24. The van der Waals surface area contributed by atoms with Crippen molar-refractivity contribution in [1.82, 2.24) is 9.55 Å². The highest BCUT2D eigenvalue weighted by Gasteiger charge is 2.36. The van der Waals surface area contributed by atoms with Gasteiger partial charge in [-0.05, 0) is 67.6 Å². The molecule has 1 aliphatic heterocycles. The lowest BCUT2D eigenvalue weighted by molar-refractivity contribution is -0.117. The smallest absolute Gasteiger partial charge is 0.227 e. The Morgan fingerprint density at radius 3 is 2.53 bits per heavy atom. The molecule has 1 fully saturated rings. The maximum absolute atomic E-state index is 13.2. The number of imidazole rings is 1. The monoisotopic (exact) mass is 511 g/mol. The van der Waals surface area contributed by atoms with Gasteiger partial charge >= 0.3 is 0 Å². The largest absolute Gasteiger partial charge is 0.494 e. The first-order valence-corrected chi connectivity index (χ1v) is 13.8. The number of nitrogens with zero attached hydrogens (tertiary/aromatic N) is 3. The van der Waals surface area contributed by atoms with Crippen LogP contribution in [0.2, 0.25) is 0 Å². The number of aryl methyl sites for hydroxylation is 1. The Kier molecular flexibility index (Phi) is 7.97. The van der Waals surface area contributed by atoms with Gasteiger partial charge in [-0.1, -0.05) is 50.2 Å². The molecule has 5 rings (SSSR count). The summed E-state index contributed by atoms with van der Waals surface area (Å²) < 4.78 is 14.2. The Morgan fingerprint density at radius 2 is 1.74 bits per heavy atom. The zero-order chi connectivity index (χ0) is 26.5. The van der Waals surface area contributed by atoms with E-state index in [4.69, 9.17) is 14.5 Å². The molecule has 6 heteroatoms. The van der Waals surface area contributed by atoms with E-state index in [-0.39, 0.29) is 11.8 Å². The molecule has 2 unspecified atom stereocenters. The standard InChI is InChI=1S/C32H37N3O3/c1-4-23(3)24-15-17-26(18-16-24)38-20-10-19-34-28-12-7-6-11-27(28)33-32(34)25-21-31(36)35(22-25)29-13-8-9-14-30(29)37-5-2/h6-9,11-18,23,25H,4-5,10,19-22H2,1-3H3. The molecule has 38 heavy (non-hydrogen) atoms. The van der Waals surface area contributed by atoms with E-state index in [1.54, 1.807) is 0 Å². The summed E-state index contributed by atoms with van der Waals surface area (Å²) in [5.74, 6) is 3.28. The van der Waals surface area contributed by atoms with Crippen LogP contribution in [0.3, 0.4) is 0 Å². The van der Waals surface area contributed by atoms with Crippen LogP contribution in [-0.2, 0) is 11.3 Å². The SMILES string of the molecule is CCOc1ccccc1N1CC(c2nc3ccccc3n2CCCOc2ccc(C(C)CC)cc2)CC1=O. The number of carbonyl (C=O) groups excluding carboxylic acids is 1. The second-order valence-electron chi connectivity index (χ2n) is 10.00. The quantitative estimate of drug-likeness (QED) is 0.205. The molecule has 0 N–H and O–H groups in total. The molecule has 0 radical (unpaired) electrons. The predicted octanol–water partition coefficient (Wildman–Crippen LogP) is 6.94. The first-order valence-electron chi connectivity index (χ1n) is 13.8. The van der Waals surface area contributed by atoms with Crippen LogP contribution in [-0.4, -0.2) is 35.2 Å². The highest BCUT2D eigenvalue weighted by atomic mass is 16.5. The number of amides is 1. The lowest BCUT2D eigenvalue weighted by atomic mass is 9.99. The summed E-state index contributed by atoms with van der Waals surface area (Å²) in [4.78, 5) is 20.0. The highest BCUT2D eigenvalue weighted by Crippen LogP contribution is 2.37. The highest BCUT2D eigenvalue weighted by molar-refractivity contribution is 5.97. The average molecular weight is 512 g/mol. The van der Waals surface area contributed by atoms with Gasteiger partial charge < -0.3 is 18.9 Å². The molecule has 0 aliphatic carbocycles. The van der Waals surface area contributed by atoms with Crippen molar-refractivity contribution in [2.24, 2.45) is 0 Å². The topological polar surface area (TPSA) is 56.6 Å². The summed E-state index contributed by atoms with van der Waals surface area (Å²) in [6.45, 7) is 8.96. The summed E-state index contributed by atoms with van der Waals surface area (Å²) in [5, 5.41) is 0. The molecule has 6 nitrogen and oxygen atoms in total. The first-order chi connectivity index (χ1) is 18.6. The Bertz CT molecular complexity index is 1380. The van der Waals surface area contributed by atoms with Gasteiger partial charge in [-0.25, -0.2) is 4.98 Å². The van der Waals surface area contributed by atoms with Crippen LogP contribution < -0.4 is 14.4 Å². The van der Waals surface area contributed by atoms with Gasteiger partial charge in [-0.15, -0.1) is 0 Å². The lowest BCUT2D eigenvalue weighted by Crippen LogP contribution is -2.25. The molecule has 0 bridgehead atoms. The van der Waals surface area contributed by atoms with Crippen molar-refractivity contribution in [1.29, 1.82) is 0 Å². The van der Waals surface area contributed by atoms with E-state index < -0.39 is 0 Å². The Labute approximate surface area is 225 Å². The van der Waals surface area contributed by atoms with Gasteiger partial charge in [0.15, 0.2) is 0 Å². The minimum absolute atomic E-state index is 0.0126. The van der Waals surface area contributed by atoms with Gasteiger partial charge in [0.2, 0.25) is 5.91 Å². The molecule has 1 aromatic heterocycles. The van der Waals surface area contributed by atoms with Crippen molar-refractivity contribution in [3.63, 3.8) is 0 Å². The molecular formula is C32H37N3O3. The van der Waals surface area contributed by atoms with Crippen molar-refractivity contribution in [3.05, 3.63) is 84.2 Å². The molecular weight excluding hydrogens is 474 g/mol. The molecule has 1 saturated heterocycles. The summed E-state index contributed by atoms with van der Waals surface area (Å²) in [6, 6.07) is 24.5. The van der Waals surface area contributed by atoms with E-state index >= 15 is 0 Å². The normalized spacial score (nSPS) is 16.2. The van der Waals surface area contributed by atoms with E-state index in [0.717, 1.165) is 53.4 Å². The summed E-state index contributed by atoms with van der Waals surface area (Å²) in [7, 11) is 0. The second kappa shape index (κ2) is 11.7. The Balaban J connectivity index is 1.30. The van der Waals surface area contributed by atoms with E-state index in [1.165, 1.54) is 5.56 Å². The van der Waals surface area contributed by atoms with Gasteiger partial charge in [0, 0.05) is 25.4 Å².